The number of nitrogens with zero attached hydrogens (tertiary/aromatic N) is 1. The summed E-state index contributed by atoms with van der Waals surface area (Å²) in [6, 6.07) is 15.0. The number of fused-ring (bicyclic) bond motifs is 1. The molecule has 3 rings (SSSR count). The number of hydrogen-bond donors (Lipinski definition) is 0. The number of esters is 1. The van der Waals surface area contributed by atoms with Gasteiger partial charge in [0.1, 0.15) is 0 Å². The van der Waals surface area contributed by atoms with Crippen molar-refractivity contribution in [1.29, 1.82) is 0 Å². The van der Waals surface area contributed by atoms with E-state index in [4.69, 9.17) is 16.3 Å². The van der Waals surface area contributed by atoms with Gasteiger partial charge in [0, 0.05) is 22.8 Å². The predicted octanol–water partition coefficient (Wildman–Crippen LogP) is 3.87. The van der Waals surface area contributed by atoms with Crippen LogP contribution >= 0.6 is 11.6 Å². The monoisotopic (exact) mass is 355 g/mol. The maximum absolute atomic E-state index is 12.5. The van der Waals surface area contributed by atoms with Gasteiger partial charge in [-0.15, -0.1) is 0 Å². The molecule has 0 aromatic heterocycles. The molecule has 1 aliphatic heterocycles. The second-order valence-corrected chi connectivity index (χ2v) is 6.32. The molecule has 5 heteroatoms. The standard InChI is InChI=1S/C20H18ClNO3/c1-14-12-16-7-3-5-9-18(16)22(14)19(23)13-25-20(24)11-10-15-6-2-4-8-17(15)21/h2-11,14H,12-13H2,1H3/b11-10-/t14-/m1/s1. The van der Waals surface area contributed by atoms with E-state index < -0.39 is 5.97 Å². The number of hydrogen-bond acceptors (Lipinski definition) is 3. The van der Waals surface area contributed by atoms with E-state index in [0.717, 1.165) is 23.2 Å². The van der Waals surface area contributed by atoms with Crippen molar-refractivity contribution in [3.63, 3.8) is 0 Å². The zero-order valence-corrected chi connectivity index (χ0v) is 14.6. The number of amides is 1. The Balaban J connectivity index is 1.59. The summed E-state index contributed by atoms with van der Waals surface area (Å²) in [4.78, 5) is 26.0. The SMILES string of the molecule is C[C@@H]1Cc2ccccc2N1C(=O)COC(=O)/C=C\c1ccccc1Cl. The molecule has 0 saturated heterocycles. The molecule has 0 N–H and O–H groups in total. The number of para-hydroxylation sites is 1. The van der Waals surface area contributed by atoms with Crippen molar-refractivity contribution in [3.05, 3.63) is 70.8 Å². The summed E-state index contributed by atoms with van der Waals surface area (Å²) >= 11 is 6.02. The number of carbonyl (C=O) groups excluding carboxylic acids is 2. The molecule has 128 valence electrons. The van der Waals surface area contributed by atoms with E-state index in [2.05, 4.69) is 0 Å². The first-order valence-corrected chi connectivity index (χ1v) is 8.43. The van der Waals surface area contributed by atoms with Crippen LogP contribution in [0.25, 0.3) is 6.08 Å². The van der Waals surface area contributed by atoms with Gasteiger partial charge < -0.3 is 9.64 Å². The van der Waals surface area contributed by atoms with Crippen LogP contribution in [0.4, 0.5) is 5.69 Å². The second kappa shape index (κ2) is 7.53. The van der Waals surface area contributed by atoms with Crippen LogP contribution in [0, 0.1) is 0 Å². The van der Waals surface area contributed by atoms with Crippen molar-refractivity contribution < 1.29 is 14.3 Å². The number of benzene rings is 2. The first-order valence-electron chi connectivity index (χ1n) is 8.05. The molecule has 0 radical (unpaired) electrons. The van der Waals surface area contributed by atoms with Crippen molar-refractivity contribution in [3.8, 4) is 0 Å². The van der Waals surface area contributed by atoms with Gasteiger partial charge in [-0.25, -0.2) is 4.79 Å². The van der Waals surface area contributed by atoms with Gasteiger partial charge in [0.05, 0.1) is 0 Å². The fourth-order valence-electron chi connectivity index (χ4n) is 2.96. The van der Waals surface area contributed by atoms with E-state index in [9.17, 15) is 9.59 Å². The van der Waals surface area contributed by atoms with Crippen LogP contribution in [-0.4, -0.2) is 24.5 Å². The Morgan fingerprint density at radius 1 is 1.20 bits per heavy atom. The van der Waals surface area contributed by atoms with Gasteiger partial charge in [-0.05, 0) is 42.7 Å². The van der Waals surface area contributed by atoms with E-state index in [-0.39, 0.29) is 18.6 Å². The molecular formula is C20H18ClNO3. The van der Waals surface area contributed by atoms with Gasteiger partial charge in [0.2, 0.25) is 0 Å². The predicted molar refractivity (Wildman–Crippen MR) is 98.5 cm³/mol. The Kier molecular flexibility index (Phi) is 5.19. The number of ether oxygens (including phenoxy) is 1. The Morgan fingerprint density at radius 2 is 1.92 bits per heavy atom. The fraction of sp³-hybridized carbons (Fsp3) is 0.200. The highest BCUT2D eigenvalue weighted by Gasteiger charge is 2.30. The van der Waals surface area contributed by atoms with E-state index in [1.807, 2.05) is 43.3 Å². The quantitative estimate of drug-likeness (QED) is 0.617. The molecule has 25 heavy (non-hydrogen) atoms. The third kappa shape index (κ3) is 3.91. The van der Waals surface area contributed by atoms with Crippen LogP contribution in [0.5, 0.6) is 0 Å². The number of rotatable bonds is 4. The van der Waals surface area contributed by atoms with Gasteiger partial charge in [-0.1, -0.05) is 48.0 Å². The highest BCUT2D eigenvalue weighted by Crippen LogP contribution is 2.31. The molecule has 2 aromatic rings. The van der Waals surface area contributed by atoms with Gasteiger partial charge in [0.15, 0.2) is 6.61 Å². The molecule has 0 saturated carbocycles. The summed E-state index contributed by atoms with van der Waals surface area (Å²) in [5.74, 6) is -0.801. The first-order chi connectivity index (χ1) is 12.1. The minimum atomic E-state index is -0.576. The molecule has 0 aliphatic carbocycles. The lowest BCUT2D eigenvalue weighted by Crippen LogP contribution is -2.38. The highest BCUT2D eigenvalue weighted by atomic mass is 35.5. The third-order valence-electron chi connectivity index (χ3n) is 4.12. The molecule has 0 fully saturated rings. The van der Waals surface area contributed by atoms with E-state index in [1.165, 1.54) is 6.08 Å². The molecule has 0 unspecified atom stereocenters. The molecule has 1 atom stereocenters. The molecule has 1 aliphatic rings. The number of anilines is 1. The molecule has 0 spiro atoms. The first kappa shape index (κ1) is 17.2. The summed E-state index contributed by atoms with van der Waals surface area (Å²) in [7, 11) is 0. The molecule has 2 aromatic carbocycles. The van der Waals surface area contributed by atoms with Crippen molar-refractivity contribution in [2.45, 2.75) is 19.4 Å². The van der Waals surface area contributed by atoms with Gasteiger partial charge in [-0.3, -0.25) is 4.79 Å². The van der Waals surface area contributed by atoms with Crippen molar-refractivity contribution in [1.82, 2.24) is 0 Å². The average molecular weight is 356 g/mol. The van der Waals surface area contributed by atoms with Crippen LogP contribution in [0.15, 0.2) is 54.6 Å². The fourth-order valence-corrected chi connectivity index (χ4v) is 3.16. The minimum Gasteiger partial charge on any atom is -0.452 e. The molecule has 0 bridgehead atoms. The number of carbonyl (C=O) groups is 2. The zero-order chi connectivity index (χ0) is 17.8. The smallest absolute Gasteiger partial charge is 0.331 e. The van der Waals surface area contributed by atoms with Gasteiger partial charge in [-0.2, -0.15) is 0 Å². The maximum atomic E-state index is 12.5. The summed E-state index contributed by atoms with van der Waals surface area (Å²) in [5, 5.41) is 0.546. The van der Waals surface area contributed by atoms with Gasteiger partial charge in [0.25, 0.3) is 5.91 Å². The van der Waals surface area contributed by atoms with E-state index >= 15 is 0 Å². The van der Waals surface area contributed by atoms with Crippen molar-refractivity contribution in [2.75, 3.05) is 11.5 Å². The van der Waals surface area contributed by atoms with Crippen LogP contribution in [0.2, 0.25) is 5.02 Å². The molecule has 4 nitrogen and oxygen atoms in total. The molecule has 1 heterocycles. The summed E-state index contributed by atoms with van der Waals surface area (Å²) in [5.41, 5.74) is 2.74. The Labute approximate surface area is 151 Å². The zero-order valence-electron chi connectivity index (χ0n) is 13.8. The lowest BCUT2D eigenvalue weighted by atomic mass is 10.1. The second-order valence-electron chi connectivity index (χ2n) is 5.91. The maximum Gasteiger partial charge on any atom is 0.331 e. The lowest BCUT2D eigenvalue weighted by molar-refractivity contribution is -0.143. The topological polar surface area (TPSA) is 46.6 Å². The Morgan fingerprint density at radius 3 is 2.72 bits per heavy atom. The summed E-state index contributed by atoms with van der Waals surface area (Å²) < 4.78 is 5.08. The third-order valence-corrected chi connectivity index (χ3v) is 4.46. The van der Waals surface area contributed by atoms with E-state index in [1.54, 1.807) is 23.1 Å². The molecular weight excluding hydrogens is 338 g/mol. The Hall–Kier alpha value is -2.59. The average Bonchev–Trinajstić information content (AvgIpc) is 2.94. The van der Waals surface area contributed by atoms with Crippen molar-refractivity contribution >= 4 is 35.2 Å². The Bertz CT molecular complexity index is 831. The van der Waals surface area contributed by atoms with Crippen LogP contribution in [0.3, 0.4) is 0 Å². The summed E-state index contributed by atoms with van der Waals surface area (Å²) in [6.07, 6.45) is 3.65. The number of halogens is 1. The van der Waals surface area contributed by atoms with E-state index in [0.29, 0.717) is 5.02 Å². The lowest BCUT2D eigenvalue weighted by Gasteiger charge is -2.22. The normalized spacial score (nSPS) is 16.1. The highest BCUT2D eigenvalue weighted by molar-refractivity contribution is 6.32. The minimum absolute atomic E-state index is 0.0577. The van der Waals surface area contributed by atoms with Gasteiger partial charge >= 0.3 is 5.97 Å². The summed E-state index contributed by atoms with van der Waals surface area (Å²) in [6.45, 7) is 1.70. The van der Waals surface area contributed by atoms with Crippen LogP contribution in [-0.2, 0) is 20.7 Å². The van der Waals surface area contributed by atoms with Crippen molar-refractivity contribution in [2.24, 2.45) is 0 Å². The van der Waals surface area contributed by atoms with Crippen LogP contribution in [0.1, 0.15) is 18.1 Å². The van der Waals surface area contributed by atoms with Crippen LogP contribution < -0.4 is 4.90 Å². The molecule has 1 amide bonds. The largest absolute Gasteiger partial charge is 0.452 e.